The molecule has 0 atom stereocenters. The number of nitrogens with one attached hydrogen (secondary N) is 1. The number of rotatable bonds is 6. The number of carbonyl (C=O) groups excluding carboxylic acids is 1. The Morgan fingerprint density at radius 3 is 2.57 bits per heavy atom. The number of hydrogen-bond donors (Lipinski definition) is 1. The first-order valence-electron chi connectivity index (χ1n) is 8.53. The van der Waals surface area contributed by atoms with E-state index in [0.717, 1.165) is 16.0 Å². The van der Waals surface area contributed by atoms with E-state index in [-0.39, 0.29) is 17.1 Å². The maximum Gasteiger partial charge on any atom is 0.267 e. The number of aromatic nitrogens is 2. The normalized spacial score (nSPS) is 10.5. The fraction of sp³-hybridized carbons (Fsp3) is 0.150. The second-order valence-corrected chi connectivity index (χ2v) is 6.61. The fourth-order valence-electron chi connectivity index (χ4n) is 2.53. The molecule has 0 fully saturated rings. The molecule has 0 spiro atoms. The predicted octanol–water partition coefficient (Wildman–Crippen LogP) is 4.25. The molecule has 8 heteroatoms. The van der Waals surface area contributed by atoms with Crippen molar-refractivity contribution in [3.8, 4) is 17.0 Å². The lowest BCUT2D eigenvalue weighted by Gasteiger charge is -2.10. The van der Waals surface area contributed by atoms with E-state index in [9.17, 15) is 9.59 Å². The second kappa shape index (κ2) is 8.91. The Bertz CT molecular complexity index is 1050. The van der Waals surface area contributed by atoms with Crippen molar-refractivity contribution in [2.24, 2.45) is 0 Å². The van der Waals surface area contributed by atoms with Gasteiger partial charge in [-0.25, -0.2) is 4.68 Å². The molecular formula is C20H17Cl2N3O3. The lowest BCUT2D eigenvalue weighted by Crippen LogP contribution is -2.29. The number of ether oxygens (including phenoxy) is 1. The van der Waals surface area contributed by atoms with Crippen LogP contribution in [0.2, 0.25) is 10.0 Å². The highest BCUT2D eigenvalue weighted by Gasteiger charge is 2.11. The van der Waals surface area contributed by atoms with Crippen LogP contribution in [0.25, 0.3) is 11.3 Å². The molecule has 1 N–H and O–H groups in total. The average molecular weight is 418 g/mol. The molecule has 1 amide bonds. The van der Waals surface area contributed by atoms with E-state index >= 15 is 0 Å². The van der Waals surface area contributed by atoms with E-state index in [1.807, 2.05) is 31.2 Å². The van der Waals surface area contributed by atoms with Gasteiger partial charge >= 0.3 is 0 Å². The van der Waals surface area contributed by atoms with Gasteiger partial charge in [0.05, 0.1) is 28.0 Å². The van der Waals surface area contributed by atoms with Gasteiger partial charge in [0.15, 0.2) is 0 Å². The third kappa shape index (κ3) is 4.71. The van der Waals surface area contributed by atoms with Gasteiger partial charge in [0.25, 0.3) is 5.56 Å². The van der Waals surface area contributed by atoms with Crippen molar-refractivity contribution in [1.82, 2.24) is 9.78 Å². The molecule has 3 rings (SSSR count). The maximum absolute atomic E-state index is 12.3. The van der Waals surface area contributed by atoms with E-state index in [2.05, 4.69) is 10.4 Å². The summed E-state index contributed by atoms with van der Waals surface area (Å²) in [7, 11) is 0. The summed E-state index contributed by atoms with van der Waals surface area (Å²) in [5.74, 6) is 0.306. The van der Waals surface area contributed by atoms with Gasteiger partial charge in [-0.05, 0) is 49.4 Å². The molecule has 6 nitrogen and oxygen atoms in total. The summed E-state index contributed by atoms with van der Waals surface area (Å²) in [6.45, 7) is 2.23. The van der Waals surface area contributed by atoms with Gasteiger partial charge in [-0.3, -0.25) is 9.59 Å². The second-order valence-electron chi connectivity index (χ2n) is 5.82. The number of hydrogen-bond acceptors (Lipinski definition) is 4. The zero-order valence-corrected chi connectivity index (χ0v) is 16.5. The van der Waals surface area contributed by atoms with Crippen LogP contribution in [0.4, 0.5) is 5.69 Å². The van der Waals surface area contributed by atoms with E-state index in [4.69, 9.17) is 27.9 Å². The van der Waals surface area contributed by atoms with E-state index < -0.39 is 5.91 Å². The quantitative estimate of drug-likeness (QED) is 0.650. The fourth-order valence-corrected chi connectivity index (χ4v) is 2.88. The summed E-state index contributed by atoms with van der Waals surface area (Å²) < 4.78 is 6.51. The first-order valence-corrected chi connectivity index (χ1v) is 9.29. The molecule has 0 bridgehead atoms. The first kappa shape index (κ1) is 19.9. The Hall–Kier alpha value is -2.83. The minimum Gasteiger partial charge on any atom is -0.494 e. The summed E-state index contributed by atoms with van der Waals surface area (Å²) in [6, 6.07) is 15.2. The largest absolute Gasteiger partial charge is 0.494 e. The number of halogens is 2. The molecular weight excluding hydrogens is 401 g/mol. The number of nitrogens with zero attached hydrogens (tertiary/aromatic N) is 2. The molecule has 0 saturated heterocycles. The zero-order chi connectivity index (χ0) is 20.1. The molecule has 2 aromatic carbocycles. The summed E-state index contributed by atoms with van der Waals surface area (Å²) in [5, 5.41) is 7.48. The van der Waals surface area contributed by atoms with Crippen LogP contribution in [0.15, 0.2) is 59.4 Å². The van der Waals surface area contributed by atoms with Crippen LogP contribution in [0.3, 0.4) is 0 Å². The van der Waals surface area contributed by atoms with Gasteiger partial charge < -0.3 is 10.1 Å². The minimum atomic E-state index is -0.442. The molecule has 144 valence electrons. The standard InChI is InChI=1S/C20H17Cl2N3O3/c1-2-28-14-8-6-13(7-9-14)16-10-11-19(27)25(24-16)12-18(26)23-17-5-3-4-15(21)20(17)22/h3-11H,2,12H2,1H3,(H,23,26). The first-order chi connectivity index (χ1) is 13.5. The molecule has 0 saturated carbocycles. The van der Waals surface area contributed by atoms with Gasteiger partial charge in [0, 0.05) is 11.6 Å². The molecule has 0 aliphatic rings. The smallest absolute Gasteiger partial charge is 0.267 e. The van der Waals surface area contributed by atoms with Crippen molar-refractivity contribution in [3.05, 3.63) is 75.0 Å². The molecule has 28 heavy (non-hydrogen) atoms. The van der Waals surface area contributed by atoms with Gasteiger partial charge in [0.1, 0.15) is 12.3 Å². The van der Waals surface area contributed by atoms with E-state index in [0.29, 0.717) is 23.0 Å². The van der Waals surface area contributed by atoms with Crippen LogP contribution in [0.5, 0.6) is 5.75 Å². The van der Waals surface area contributed by atoms with Crippen molar-refractivity contribution >= 4 is 34.8 Å². The van der Waals surface area contributed by atoms with Gasteiger partial charge in [0.2, 0.25) is 5.91 Å². The third-order valence-corrected chi connectivity index (χ3v) is 4.67. The lowest BCUT2D eigenvalue weighted by molar-refractivity contribution is -0.117. The Labute approximate surface area is 171 Å². The average Bonchev–Trinajstić information content (AvgIpc) is 2.68. The van der Waals surface area contributed by atoms with Crippen LogP contribution in [-0.4, -0.2) is 22.3 Å². The Balaban J connectivity index is 1.78. The monoisotopic (exact) mass is 417 g/mol. The number of amides is 1. The zero-order valence-electron chi connectivity index (χ0n) is 15.0. The minimum absolute atomic E-state index is 0.237. The highest BCUT2D eigenvalue weighted by atomic mass is 35.5. The van der Waals surface area contributed by atoms with Crippen molar-refractivity contribution in [2.45, 2.75) is 13.5 Å². The molecule has 0 aliphatic heterocycles. The number of anilines is 1. The molecule has 1 heterocycles. The van der Waals surface area contributed by atoms with Crippen LogP contribution in [0.1, 0.15) is 6.92 Å². The van der Waals surface area contributed by atoms with Crippen LogP contribution in [0, 0.1) is 0 Å². The summed E-state index contributed by atoms with van der Waals surface area (Å²) >= 11 is 12.0. The van der Waals surface area contributed by atoms with Crippen molar-refractivity contribution < 1.29 is 9.53 Å². The van der Waals surface area contributed by atoms with Crippen LogP contribution >= 0.6 is 23.2 Å². The lowest BCUT2D eigenvalue weighted by atomic mass is 10.1. The Morgan fingerprint density at radius 1 is 1.11 bits per heavy atom. The van der Waals surface area contributed by atoms with E-state index in [1.54, 1.807) is 24.3 Å². The molecule has 0 aliphatic carbocycles. The van der Waals surface area contributed by atoms with Gasteiger partial charge in [-0.2, -0.15) is 5.10 Å². The summed E-state index contributed by atoms with van der Waals surface area (Å²) in [4.78, 5) is 24.4. The number of carbonyl (C=O) groups is 1. The SMILES string of the molecule is CCOc1ccc(-c2ccc(=O)n(CC(=O)Nc3cccc(Cl)c3Cl)n2)cc1. The molecule has 3 aromatic rings. The van der Waals surface area contributed by atoms with Crippen molar-refractivity contribution in [1.29, 1.82) is 0 Å². The predicted molar refractivity (Wildman–Crippen MR) is 110 cm³/mol. The Kier molecular flexibility index (Phi) is 6.34. The van der Waals surface area contributed by atoms with Crippen molar-refractivity contribution in [2.75, 3.05) is 11.9 Å². The summed E-state index contributed by atoms with van der Waals surface area (Å²) in [6.07, 6.45) is 0. The maximum atomic E-state index is 12.3. The van der Waals surface area contributed by atoms with Gasteiger partial charge in [-0.15, -0.1) is 0 Å². The third-order valence-electron chi connectivity index (χ3n) is 3.85. The summed E-state index contributed by atoms with van der Waals surface area (Å²) in [5.41, 5.74) is 1.35. The highest BCUT2D eigenvalue weighted by Crippen LogP contribution is 2.29. The molecule has 1 aromatic heterocycles. The number of benzene rings is 2. The van der Waals surface area contributed by atoms with Crippen molar-refractivity contribution in [3.63, 3.8) is 0 Å². The van der Waals surface area contributed by atoms with E-state index in [1.165, 1.54) is 6.07 Å². The topological polar surface area (TPSA) is 73.2 Å². The highest BCUT2D eigenvalue weighted by molar-refractivity contribution is 6.43. The van der Waals surface area contributed by atoms with Gasteiger partial charge in [-0.1, -0.05) is 29.3 Å². The molecule has 0 unspecified atom stereocenters. The van der Waals surface area contributed by atoms with Crippen LogP contribution < -0.4 is 15.6 Å². The molecule has 0 radical (unpaired) electrons. The Morgan fingerprint density at radius 2 is 1.86 bits per heavy atom. The van der Waals surface area contributed by atoms with Crippen LogP contribution in [-0.2, 0) is 11.3 Å².